The fourth-order valence-corrected chi connectivity index (χ4v) is 4.80. The summed E-state index contributed by atoms with van der Waals surface area (Å²) in [6, 6.07) is 19.5. The Morgan fingerprint density at radius 2 is 1.84 bits per heavy atom. The lowest BCUT2D eigenvalue weighted by molar-refractivity contribution is 0.0589. The van der Waals surface area contributed by atoms with Crippen LogP contribution in [0.25, 0.3) is 10.9 Å². The van der Waals surface area contributed by atoms with Gasteiger partial charge in [0.15, 0.2) is 0 Å². The number of amides is 1. The number of carbonyl (C=O) groups is 1. The second-order valence-electron chi connectivity index (χ2n) is 9.42. The van der Waals surface area contributed by atoms with Crippen LogP contribution in [0.1, 0.15) is 34.5 Å². The molecule has 2 N–H and O–H groups in total. The van der Waals surface area contributed by atoms with Gasteiger partial charge in [-0.25, -0.2) is 4.79 Å². The predicted octanol–water partition coefficient (Wildman–Crippen LogP) is 2.93. The van der Waals surface area contributed by atoms with Crippen molar-refractivity contribution >= 4 is 16.8 Å². The molecule has 1 amide bonds. The van der Waals surface area contributed by atoms with E-state index in [1.54, 1.807) is 4.90 Å². The number of piperidine rings is 1. The highest BCUT2D eigenvalue weighted by Crippen LogP contribution is 2.23. The largest absolute Gasteiger partial charge is 0.490 e. The zero-order valence-corrected chi connectivity index (χ0v) is 20.6. The zero-order chi connectivity index (χ0) is 25.8. The summed E-state index contributed by atoms with van der Waals surface area (Å²) >= 11 is 0. The number of aromatic amines is 2. The molecule has 9 nitrogen and oxygen atoms in total. The molecular weight excluding hydrogens is 470 g/mol. The lowest BCUT2D eigenvalue weighted by atomic mass is 10.1. The van der Waals surface area contributed by atoms with Crippen molar-refractivity contribution in [2.75, 3.05) is 20.1 Å². The van der Waals surface area contributed by atoms with Crippen LogP contribution >= 0.6 is 0 Å². The molecule has 0 spiro atoms. The van der Waals surface area contributed by atoms with Gasteiger partial charge in [0.05, 0.1) is 5.52 Å². The van der Waals surface area contributed by atoms with Gasteiger partial charge in [-0.15, -0.1) is 0 Å². The summed E-state index contributed by atoms with van der Waals surface area (Å²) < 4.78 is 6.25. The molecule has 0 bridgehead atoms. The molecule has 1 aliphatic rings. The summed E-state index contributed by atoms with van der Waals surface area (Å²) in [4.78, 5) is 48.5. The third-order valence-electron chi connectivity index (χ3n) is 6.55. The van der Waals surface area contributed by atoms with Crippen LogP contribution in [0.4, 0.5) is 0 Å². The van der Waals surface area contributed by atoms with Crippen LogP contribution in [-0.4, -0.2) is 56.9 Å². The van der Waals surface area contributed by atoms with Crippen molar-refractivity contribution in [3.05, 3.63) is 105 Å². The van der Waals surface area contributed by atoms with Gasteiger partial charge in [0.1, 0.15) is 17.5 Å². The third kappa shape index (κ3) is 5.95. The molecule has 0 atom stereocenters. The fraction of sp³-hybridized carbons (Fsp3) is 0.286. The number of aromatic nitrogens is 3. The van der Waals surface area contributed by atoms with E-state index in [-0.39, 0.29) is 17.7 Å². The van der Waals surface area contributed by atoms with Gasteiger partial charge in [0.25, 0.3) is 11.5 Å². The lowest BCUT2D eigenvalue weighted by Crippen LogP contribution is -2.43. The number of H-pyrrole nitrogens is 2. The number of ether oxygens (including phenoxy) is 1. The number of carbonyl (C=O) groups excluding carboxylic acids is 1. The smallest absolute Gasteiger partial charge is 0.326 e. The Kier molecular flexibility index (Phi) is 7.14. The highest BCUT2D eigenvalue weighted by molar-refractivity contribution is 5.92. The predicted molar refractivity (Wildman–Crippen MR) is 141 cm³/mol. The van der Waals surface area contributed by atoms with Crippen LogP contribution < -0.4 is 16.0 Å². The Bertz CT molecular complexity index is 1490. The second-order valence-corrected chi connectivity index (χ2v) is 9.42. The molecule has 190 valence electrons. The maximum absolute atomic E-state index is 12.7. The Morgan fingerprint density at radius 1 is 1.03 bits per heavy atom. The topological polar surface area (TPSA) is 111 Å². The van der Waals surface area contributed by atoms with Gasteiger partial charge in [-0.1, -0.05) is 30.3 Å². The number of nitrogens with one attached hydrogen (secondary N) is 2. The minimum atomic E-state index is -0.686. The SMILES string of the molecule is CN(Cc1cccc(OC2CCN(C(=O)c3cc(=O)[nH]c(=O)[nH]3)CC2)c1)Cc1cccc2ncccc12. The first-order valence-corrected chi connectivity index (χ1v) is 12.3. The average molecular weight is 500 g/mol. The maximum atomic E-state index is 12.7. The summed E-state index contributed by atoms with van der Waals surface area (Å²) in [6.07, 6.45) is 3.13. The van der Waals surface area contributed by atoms with Gasteiger partial charge >= 0.3 is 5.69 Å². The molecule has 0 radical (unpaired) electrons. The summed E-state index contributed by atoms with van der Waals surface area (Å²) in [5.41, 5.74) is 2.13. The molecule has 0 saturated carbocycles. The van der Waals surface area contributed by atoms with E-state index in [9.17, 15) is 14.4 Å². The van der Waals surface area contributed by atoms with Crippen molar-refractivity contribution in [2.24, 2.45) is 0 Å². The van der Waals surface area contributed by atoms with Crippen molar-refractivity contribution in [3.63, 3.8) is 0 Å². The van der Waals surface area contributed by atoms with Crippen molar-refractivity contribution in [1.82, 2.24) is 24.8 Å². The molecule has 1 aliphatic heterocycles. The van der Waals surface area contributed by atoms with E-state index >= 15 is 0 Å². The highest BCUT2D eigenvalue weighted by Gasteiger charge is 2.25. The molecule has 9 heteroatoms. The first kappa shape index (κ1) is 24.5. The van der Waals surface area contributed by atoms with Gasteiger partial charge in [-0.2, -0.15) is 0 Å². The summed E-state index contributed by atoms with van der Waals surface area (Å²) in [7, 11) is 2.10. The van der Waals surface area contributed by atoms with E-state index in [1.807, 2.05) is 36.5 Å². The number of benzene rings is 2. The van der Waals surface area contributed by atoms with Gasteiger partial charge in [-0.3, -0.25) is 24.5 Å². The molecule has 0 aliphatic carbocycles. The van der Waals surface area contributed by atoms with Crippen LogP contribution in [0, 0.1) is 0 Å². The van der Waals surface area contributed by atoms with E-state index in [0.717, 1.165) is 36.0 Å². The number of rotatable bonds is 7. The van der Waals surface area contributed by atoms with Crippen molar-refractivity contribution in [3.8, 4) is 5.75 Å². The zero-order valence-electron chi connectivity index (χ0n) is 20.6. The molecular formula is C28H29N5O4. The monoisotopic (exact) mass is 499 g/mol. The van der Waals surface area contributed by atoms with Crippen molar-refractivity contribution < 1.29 is 9.53 Å². The molecule has 0 unspecified atom stereocenters. The molecule has 5 rings (SSSR count). The Hall–Kier alpha value is -4.24. The lowest BCUT2D eigenvalue weighted by Gasteiger charge is -2.32. The number of likely N-dealkylation sites (tertiary alicyclic amines) is 1. The summed E-state index contributed by atoms with van der Waals surface area (Å²) in [5, 5.41) is 1.17. The number of pyridine rings is 1. The van der Waals surface area contributed by atoms with Crippen molar-refractivity contribution in [1.29, 1.82) is 0 Å². The molecule has 1 saturated heterocycles. The average Bonchev–Trinajstić information content (AvgIpc) is 2.88. The standard InChI is InChI=1S/C28H29N5O4/c1-32(18-20-6-3-9-24-23(20)8-4-12-29-24)17-19-5-2-7-22(15-19)37-21-10-13-33(14-11-21)27(35)25-16-26(34)31-28(36)30-25/h2-9,12,15-16,21H,10-11,13-14,17-18H2,1H3,(H2,30,31,34,36). The first-order valence-electron chi connectivity index (χ1n) is 12.3. The van der Waals surface area contributed by atoms with Gasteiger partial charge < -0.3 is 14.6 Å². The number of hydrogen-bond acceptors (Lipinski definition) is 6. The maximum Gasteiger partial charge on any atom is 0.326 e. The molecule has 2 aromatic heterocycles. The van der Waals surface area contributed by atoms with Gasteiger partial charge in [0, 0.05) is 56.7 Å². The van der Waals surface area contributed by atoms with Gasteiger partial charge in [0.2, 0.25) is 0 Å². The first-order chi connectivity index (χ1) is 17.9. The van der Waals surface area contributed by atoms with Crippen molar-refractivity contribution in [2.45, 2.75) is 32.0 Å². The minimum Gasteiger partial charge on any atom is -0.490 e. The molecule has 2 aromatic carbocycles. The molecule has 1 fully saturated rings. The van der Waals surface area contributed by atoms with Crippen LogP contribution in [0.5, 0.6) is 5.75 Å². The number of hydrogen-bond donors (Lipinski definition) is 2. The minimum absolute atomic E-state index is 0.00435. The van der Waals surface area contributed by atoms with E-state index in [0.29, 0.717) is 25.9 Å². The molecule has 4 aromatic rings. The normalized spacial score (nSPS) is 14.3. The van der Waals surface area contributed by atoms with E-state index in [1.165, 1.54) is 10.9 Å². The number of fused-ring (bicyclic) bond motifs is 1. The van der Waals surface area contributed by atoms with Crippen LogP contribution in [0.15, 0.2) is 76.4 Å². The summed E-state index contributed by atoms with van der Waals surface area (Å²) in [5.74, 6) is 0.456. The second kappa shape index (κ2) is 10.8. The Morgan fingerprint density at radius 3 is 2.65 bits per heavy atom. The van der Waals surface area contributed by atoms with E-state index in [2.05, 4.69) is 51.2 Å². The molecule has 37 heavy (non-hydrogen) atoms. The number of nitrogens with zero attached hydrogens (tertiary/aromatic N) is 3. The van der Waals surface area contributed by atoms with Crippen LogP contribution in [0.2, 0.25) is 0 Å². The van der Waals surface area contributed by atoms with E-state index < -0.39 is 11.2 Å². The van der Waals surface area contributed by atoms with Crippen LogP contribution in [-0.2, 0) is 13.1 Å². The summed E-state index contributed by atoms with van der Waals surface area (Å²) in [6.45, 7) is 2.55. The highest BCUT2D eigenvalue weighted by atomic mass is 16.5. The van der Waals surface area contributed by atoms with Crippen LogP contribution in [0.3, 0.4) is 0 Å². The van der Waals surface area contributed by atoms with E-state index in [4.69, 9.17) is 4.74 Å². The Labute approximate surface area is 213 Å². The Balaban J connectivity index is 1.16. The fourth-order valence-electron chi connectivity index (χ4n) is 4.80. The third-order valence-corrected chi connectivity index (χ3v) is 6.55. The molecule has 3 heterocycles. The quantitative estimate of drug-likeness (QED) is 0.405. The van der Waals surface area contributed by atoms with Gasteiger partial charge in [-0.05, 0) is 42.4 Å².